The smallest absolute Gasteiger partial charge is 0.322 e. The molecular formula is C32H34N4O3. The molecule has 1 aromatic heterocycles. The fraction of sp³-hybridized carbons (Fsp3) is 0.250. The summed E-state index contributed by atoms with van der Waals surface area (Å²) in [4.78, 5) is 31.1. The van der Waals surface area contributed by atoms with Crippen molar-refractivity contribution in [1.29, 1.82) is 0 Å². The summed E-state index contributed by atoms with van der Waals surface area (Å²) in [5.74, 6) is 0.605. The molecule has 0 bridgehead atoms. The highest BCUT2D eigenvalue weighted by molar-refractivity contribution is 6.01. The average Bonchev–Trinajstić information content (AvgIpc) is 3.44. The number of nitrogens with one attached hydrogen (secondary N) is 1. The molecule has 7 nitrogen and oxygen atoms in total. The number of rotatable bonds is 8. The van der Waals surface area contributed by atoms with Gasteiger partial charge in [0.2, 0.25) is 5.91 Å². The third-order valence-electron chi connectivity index (χ3n) is 7.08. The lowest BCUT2D eigenvalue weighted by Crippen LogP contribution is -2.48. The number of ether oxygens (including phenoxy) is 1. The highest BCUT2D eigenvalue weighted by atomic mass is 16.5. The summed E-state index contributed by atoms with van der Waals surface area (Å²) < 4.78 is 7.51. The lowest BCUT2D eigenvalue weighted by Gasteiger charge is -2.39. The standard InChI is InChI=1S/C32H34N4O3/c1-4-5-19-34(32(38)33-25-11-8-10-23(2)21-25)22-30(37)36-28-13-7-6-12-27(28)35-20-9-14-29(35)31(36)24-15-17-26(39-3)18-16-24/h6-18,20-21,31H,4-5,19,22H2,1-3H3,(H,33,38). The lowest BCUT2D eigenvalue weighted by atomic mass is 9.97. The number of methoxy groups -OCH3 is 1. The third-order valence-corrected chi connectivity index (χ3v) is 7.08. The highest BCUT2D eigenvalue weighted by Gasteiger charge is 2.37. The Kier molecular flexibility index (Phi) is 7.68. The fourth-order valence-corrected chi connectivity index (χ4v) is 5.13. The third kappa shape index (κ3) is 5.39. The first kappa shape index (κ1) is 26.1. The van der Waals surface area contributed by atoms with Gasteiger partial charge in [-0.05, 0) is 73.0 Å². The second-order valence-electron chi connectivity index (χ2n) is 9.81. The van der Waals surface area contributed by atoms with Gasteiger partial charge in [-0.3, -0.25) is 9.69 Å². The van der Waals surface area contributed by atoms with Crippen molar-refractivity contribution in [2.75, 3.05) is 30.4 Å². The Labute approximate surface area is 229 Å². The zero-order valence-corrected chi connectivity index (χ0v) is 22.6. The fourth-order valence-electron chi connectivity index (χ4n) is 5.13. The van der Waals surface area contributed by atoms with Crippen LogP contribution in [0.5, 0.6) is 5.75 Å². The van der Waals surface area contributed by atoms with Crippen LogP contribution in [0.25, 0.3) is 5.69 Å². The summed E-state index contributed by atoms with van der Waals surface area (Å²) in [6.07, 6.45) is 3.74. The van der Waals surface area contributed by atoms with Crippen LogP contribution in [-0.2, 0) is 4.79 Å². The predicted molar refractivity (Wildman–Crippen MR) is 155 cm³/mol. The number of hydrogen-bond donors (Lipinski definition) is 1. The molecule has 0 saturated heterocycles. The van der Waals surface area contributed by atoms with E-state index < -0.39 is 0 Å². The quantitative estimate of drug-likeness (QED) is 0.285. The molecule has 0 saturated carbocycles. The first-order chi connectivity index (χ1) is 19.0. The summed E-state index contributed by atoms with van der Waals surface area (Å²) >= 11 is 0. The molecule has 3 aromatic carbocycles. The molecule has 1 atom stereocenters. The van der Waals surface area contributed by atoms with Gasteiger partial charge in [-0.2, -0.15) is 0 Å². The maximum Gasteiger partial charge on any atom is 0.322 e. The van der Waals surface area contributed by atoms with E-state index in [9.17, 15) is 9.59 Å². The number of carbonyl (C=O) groups excluding carboxylic acids is 2. The molecule has 0 spiro atoms. The number of para-hydroxylation sites is 2. The van der Waals surface area contributed by atoms with Gasteiger partial charge in [0.05, 0.1) is 24.2 Å². The number of aromatic nitrogens is 1. The van der Waals surface area contributed by atoms with Crippen molar-refractivity contribution < 1.29 is 14.3 Å². The van der Waals surface area contributed by atoms with E-state index >= 15 is 0 Å². The van der Waals surface area contributed by atoms with E-state index in [0.29, 0.717) is 12.2 Å². The monoisotopic (exact) mass is 522 g/mol. The van der Waals surface area contributed by atoms with Gasteiger partial charge >= 0.3 is 6.03 Å². The molecule has 1 aliphatic rings. The average molecular weight is 523 g/mol. The molecule has 5 rings (SSSR count). The first-order valence-corrected chi connectivity index (χ1v) is 13.4. The Balaban J connectivity index is 1.50. The molecule has 3 amide bonds. The predicted octanol–water partition coefficient (Wildman–Crippen LogP) is 6.56. The van der Waals surface area contributed by atoms with E-state index in [0.717, 1.165) is 46.8 Å². The summed E-state index contributed by atoms with van der Waals surface area (Å²) in [5.41, 5.74) is 5.45. The minimum atomic E-state index is -0.360. The molecule has 0 aliphatic carbocycles. The van der Waals surface area contributed by atoms with Gasteiger partial charge in [-0.25, -0.2) is 4.79 Å². The van der Waals surface area contributed by atoms with E-state index in [4.69, 9.17) is 4.74 Å². The molecule has 7 heteroatoms. The molecule has 200 valence electrons. The number of fused-ring (bicyclic) bond motifs is 3. The van der Waals surface area contributed by atoms with Crippen molar-refractivity contribution in [3.05, 3.63) is 108 Å². The van der Waals surface area contributed by atoms with Gasteiger partial charge in [-0.15, -0.1) is 0 Å². The summed E-state index contributed by atoms with van der Waals surface area (Å²) in [7, 11) is 1.64. The molecule has 39 heavy (non-hydrogen) atoms. The van der Waals surface area contributed by atoms with Crippen LogP contribution in [-0.4, -0.2) is 41.6 Å². The molecule has 2 heterocycles. The van der Waals surface area contributed by atoms with Gasteiger partial charge in [0.1, 0.15) is 18.3 Å². The number of carbonyl (C=O) groups is 2. The van der Waals surface area contributed by atoms with E-state index in [1.54, 1.807) is 12.0 Å². The van der Waals surface area contributed by atoms with E-state index in [1.165, 1.54) is 0 Å². The van der Waals surface area contributed by atoms with Gasteiger partial charge in [0.25, 0.3) is 0 Å². The van der Waals surface area contributed by atoms with Crippen molar-refractivity contribution in [3.8, 4) is 11.4 Å². The molecule has 1 N–H and O–H groups in total. The summed E-state index contributed by atoms with van der Waals surface area (Å²) in [6, 6.07) is 26.8. The van der Waals surface area contributed by atoms with Crippen LogP contribution < -0.4 is 15.0 Å². The number of unbranched alkanes of at least 4 members (excludes halogenated alkanes) is 1. The van der Waals surface area contributed by atoms with E-state index in [2.05, 4.69) is 16.8 Å². The zero-order valence-electron chi connectivity index (χ0n) is 22.6. The summed E-state index contributed by atoms with van der Waals surface area (Å²) in [6.45, 7) is 4.50. The molecule has 0 fully saturated rings. The number of hydrogen-bond acceptors (Lipinski definition) is 3. The largest absolute Gasteiger partial charge is 0.497 e. The highest BCUT2D eigenvalue weighted by Crippen LogP contribution is 2.42. The maximum atomic E-state index is 14.3. The van der Waals surface area contributed by atoms with Gasteiger partial charge in [0, 0.05) is 18.4 Å². The second-order valence-corrected chi connectivity index (χ2v) is 9.81. The van der Waals surface area contributed by atoms with Gasteiger partial charge in [-0.1, -0.05) is 49.7 Å². The van der Waals surface area contributed by atoms with Gasteiger partial charge < -0.3 is 19.5 Å². The SMILES string of the molecule is CCCCN(CC(=O)N1c2ccccc2-n2cccc2C1c1ccc(OC)cc1)C(=O)Nc1cccc(C)c1. The van der Waals surface area contributed by atoms with Crippen LogP contribution in [0.1, 0.15) is 42.6 Å². The minimum Gasteiger partial charge on any atom is -0.497 e. The van der Waals surface area contributed by atoms with Crippen LogP contribution in [0.15, 0.2) is 91.1 Å². The Bertz CT molecular complexity index is 1460. The van der Waals surface area contributed by atoms with Crippen molar-refractivity contribution in [3.63, 3.8) is 0 Å². The van der Waals surface area contributed by atoms with Crippen LogP contribution in [0.4, 0.5) is 16.2 Å². The topological polar surface area (TPSA) is 66.8 Å². The Morgan fingerprint density at radius 2 is 1.72 bits per heavy atom. The van der Waals surface area contributed by atoms with Crippen LogP contribution >= 0.6 is 0 Å². The molecule has 4 aromatic rings. The van der Waals surface area contributed by atoms with Crippen LogP contribution in [0.2, 0.25) is 0 Å². The zero-order chi connectivity index (χ0) is 27.4. The number of anilines is 2. The van der Waals surface area contributed by atoms with Crippen LogP contribution in [0.3, 0.4) is 0 Å². The minimum absolute atomic E-state index is 0.0423. The van der Waals surface area contributed by atoms with Crippen molar-refractivity contribution >= 4 is 23.3 Å². The van der Waals surface area contributed by atoms with Crippen molar-refractivity contribution in [1.82, 2.24) is 9.47 Å². The van der Waals surface area contributed by atoms with Gasteiger partial charge in [0.15, 0.2) is 0 Å². The molecular weight excluding hydrogens is 488 g/mol. The molecule has 1 unspecified atom stereocenters. The lowest BCUT2D eigenvalue weighted by molar-refractivity contribution is -0.119. The number of benzene rings is 3. The van der Waals surface area contributed by atoms with E-state index in [1.807, 2.05) is 103 Å². The molecule has 0 radical (unpaired) electrons. The number of nitrogens with zero attached hydrogens (tertiary/aromatic N) is 3. The number of aryl methyl sites for hydroxylation is 1. The maximum absolute atomic E-state index is 14.3. The normalized spacial score (nSPS) is 13.8. The van der Waals surface area contributed by atoms with E-state index in [-0.39, 0.29) is 24.5 Å². The molecule has 1 aliphatic heterocycles. The Morgan fingerprint density at radius 3 is 2.44 bits per heavy atom. The van der Waals surface area contributed by atoms with Crippen molar-refractivity contribution in [2.24, 2.45) is 0 Å². The Morgan fingerprint density at radius 1 is 0.949 bits per heavy atom. The first-order valence-electron chi connectivity index (χ1n) is 13.4. The summed E-state index contributed by atoms with van der Waals surface area (Å²) in [5, 5.41) is 2.98. The Hall–Kier alpha value is -4.52. The second kappa shape index (κ2) is 11.5. The van der Waals surface area contributed by atoms with Crippen molar-refractivity contribution in [2.45, 2.75) is 32.7 Å². The van der Waals surface area contributed by atoms with Crippen LogP contribution in [0, 0.1) is 6.92 Å². The number of urea groups is 1. The number of amides is 3.